The first-order chi connectivity index (χ1) is 11.5. The highest BCUT2D eigenvalue weighted by atomic mass is 32.2. The van der Waals surface area contributed by atoms with E-state index in [1.807, 2.05) is 6.92 Å². The van der Waals surface area contributed by atoms with Gasteiger partial charge in [0, 0.05) is 37.3 Å². The molecule has 0 spiro atoms. The lowest BCUT2D eigenvalue weighted by Gasteiger charge is -2.34. The van der Waals surface area contributed by atoms with Crippen molar-refractivity contribution in [1.82, 2.24) is 14.9 Å². The monoisotopic (exact) mass is 351 g/mol. The topological polar surface area (TPSA) is 78.5 Å². The van der Waals surface area contributed by atoms with E-state index in [1.165, 1.54) is 6.07 Å². The molecule has 0 radical (unpaired) electrons. The molecular formula is C17H25N3O3S. The van der Waals surface area contributed by atoms with E-state index in [9.17, 15) is 13.2 Å². The zero-order valence-corrected chi connectivity index (χ0v) is 14.8. The molecule has 3 rings (SSSR count). The number of carbonyl (C=O) groups excluding carboxylic acids is 1. The molecule has 1 aliphatic carbocycles. The lowest BCUT2D eigenvalue weighted by molar-refractivity contribution is 0.0655. The molecule has 0 unspecified atom stereocenters. The lowest BCUT2D eigenvalue weighted by Crippen LogP contribution is -2.52. The van der Waals surface area contributed by atoms with Gasteiger partial charge in [-0.15, -0.1) is 0 Å². The van der Waals surface area contributed by atoms with Crippen molar-refractivity contribution in [3.8, 4) is 0 Å². The van der Waals surface area contributed by atoms with Gasteiger partial charge in [-0.3, -0.25) is 4.79 Å². The fourth-order valence-corrected chi connectivity index (χ4v) is 4.79. The van der Waals surface area contributed by atoms with Gasteiger partial charge in [-0.2, -0.15) is 0 Å². The summed E-state index contributed by atoms with van der Waals surface area (Å²) >= 11 is 0. The molecule has 2 aliphatic rings. The van der Waals surface area contributed by atoms with E-state index in [-0.39, 0.29) is 22.9 Å². The summed E-state index contributed by atoms with van der Waals surface area (Å²) in [7, 11) is -3.58. The average molecular weight is 351 g/mol. The third-order valence-corrected chi connectivity index (χ3v) is 6.35. The molecule has 7 heteroatoms. The average Bonchev–Trinajstić information content (AvgIpc) is 3.07. The maximum absolute atomic E-state index is 12.7. The molecule has 1 saturated carbocycles. The third-order valence-electron chi connectivity index (χ3n) is 4.83. The Bertz CT molecular complexity index is 699. The largest absolute Gasteiger partial charge is 0.333 e. The van der Waals surface area contributed by atoms with Crippen LogP contribution in [0.25, 0.3) is 0 Å². The number of rotatable bonds is 4. The highest BCUT2D eigenvalue weighted by Gasteiger charge is 2.26. The van der Waals surface area contributed by atoms with Crippen LogP contribution in [0.3, 0.4) is 0 Å². The van der Waals surface area contributed by atoms with Crippen molar-refractivity contribution in [3.05, 3.63) is 29.8 Å². The van der Waals surface area contributed by atoms with Crippen molar-refractivity contribution in [2.75, 3.05) is 19.6 Å². The Morgan fingerprint density at radius 3 is 2.75 bits per heavy atom. The number of hydrogen-bond acceptors (Lipinski definition) is 4. The first-order valence-electron chi connectivity index (χ1n) is 8.61. The van der Waals surface area contributed by atoms with E-state index in [2.05, 4.69) is 10.0 Å². The summed E-state index contributed by atoms with van der Waals surface area (Å²) in [4.78, 5) is 14.7. The second-order valence-corrected chi connectivity index (χ2v) is 8.40. The summed E-state index contributed by atoms with van der Waals surface area (Å²) in [5.41, 5.74) is 0.429. The van der Waals surface area contributed by atoms with Crippen LogP contribution in [0.4, 0.5) is 0 Å². The molecule has 6 nitrogen and oxygen atoms in total. The van der Waals surface area contributed by atoms with Crippen molar-refractivity contribution in [2.24, 2.45) is 0 Å². The van der Waals surface area contributed by atoms with Crippen LogP contribution in [0.5, 0.6) is 0 Å². The van der Waals surface area contributed by atoms with Gasteiger partial charge < -0.3 is 10.2 Å². The van der Waals surface area contributed by atoms with Crippen molar-refractivity contribution in [3.63, 3.8) is 0 Å². The summed E-state index contributed by atoms with van der Waals surface area (Å²) in [5, 5.41) is 3.25. The highest BCUT2D eigenvalue weighted by molar-refractivity contribution is 7.89. The minimum absolute atomic E-state index is 0.0162. The van der Waals surface area contributed by atoms with Gasteiger partial charge in [0.25, 0.3) is 5.91 Å². The van der Waals surface area contributed by atoms with Gasteiger partial charge in [-0.05, 0) is 38.0 Å². The fraction of sp³-hybridized carbons (Fsp3) is 0.588. The standard InChI is InChI=1S/C17H25N3O3S/c1-13-12-18-9-10-20(13)17(21)14-5-4-8-16(11-14)24(22,23)19-15-6-2-3-7-15/h4-5,8,11,13,15,18-19H,2-3,6-7,9-10,12H2,1H3/t13-/m0/s1. The van der Waals surface area contributed by atoms with Gasteiger partial charge in [0.1, 0.15) is 0 Å². The van der Waals surface area contributed by atoms with Gasteiger partial charge in [0.05, 0.1) is 4.90 Å². The zero-order chi connectivity index (χ0) is 17.2. The van der Waals surface area contributed by atoms with Gasteiger partial charge in [-0.25, -0.2) is 13.1 Å². The predicted molar refractivity (Wildman–Crippen MR) is 92.4 cm³/mol. The van der Waals surface area contributed by atoms with E-state index >= 15 is 0 Å². The normalized spacial score (nSPS) is 22.7. The summed E-state index contributed by atoms with van der Waals surface area (Å²) in [6.07, 6.45) is 3.89. The molecule has 1 aliphatic heterocycles. The lowest BCUT2D eigenvalue weighted by atomic mass is 10.1. The van der Waals surface area contributed by atoms with Gasteiger partial charge >= 0.3 is 0 Å². The smallest absolute Gasteiger partial charge is 0.254 e. The molecule has 24 heavy (non-hydrogen) atoms. The molecule has 1 aromatic rings. The predicted octanol–water partition coefficient (Wildman–Crippen LogP) is 1.34. The van der Waals surface area contributed by atoms with Crippen LogP contribution in [0.1, 0.15) is 43.0 Å². The number of piperazine rings is 1. The van der Waals surface area contributed by atoms with Crippen molar-refractivity contribution < 1.29 is 13.2 Å². The maximum Gasteiger partial charge on any atom is 0.254 e. The number of carbonyl (C=O) groups is 1. The number of hydrogen-bond donors (Lipinski definition) is 2. The molecule has 1 aromatic carbocycles. The van der Waals surface area contributed by atoms with E-state index < -0.39 is 10.0 Å². The summed E-state index contributed by atoms with van der Waals surface area (Å²) < 4.78 is 27.9. The highest BCUT2D eigenvalue weighted by Crippen LogP contribution is 2.21. The van der Waals surface area contributed by atoms with E-state index in [1.54, 1.807) is 23.1 Å². The second-order valence-electron chi connectivity index (χ2n) is 6.68. The Kier molecular flexibility index (Phi) is 5.22. The fourth-order valence-electron chi connectivity index (χ4n) is 3.44. The van der Waals surface area contributed by atoms with Crippen LogP contribution in [0, 0.1) is 0 Å². The molecule has 0 aromatic heterocycles. The van der Waals surface area contributed by atoms with Crippen molar-refractivity contribution in [1.29, 1.82) is 0 Å². The minimum Gasteiger partial charge on any atom is -0.333 e. The molecular weight excluding hydrogens is 326 g/mol. The quantitative estimate of drug-likeness (QED) is 0.858. The Balaban J connectivity index is 1.79. The first kappa shape index (κ1) is 17.4. The first-order valence-corrected chi connectivity index (χ1v) is 10.1. The van der Waals surface area contributed by atoms with Crippen LogP contribution in [0.15, 0.2) is 29.2 Å². The van der Waals surface area contributed by atoms with Crippen LogP contribution in [0.2, 0.25) is 0 Å². The molecule has 1 amide bonds. The number of nitrogens with one attached hydrogen (secondary N) is 2. The molecule has 132 valence electrons. The molecule has 0 bridgehead atoms. The zero-order valence-electron chi connectivity index (χ0n) is 14.0. The Morgan fingerprint density at radius 1 is 1.29 bits per heavy atom. The molecule has 1 saturated heterocycles. The van der Waals surface area contributed by atoms with Gasteiger partial charge in [-0.1, -0.05) is 18.9 Å². The molecule has 2 fully saturated rings. The molecule has 1 atom stereocenters. The van der Waals surface area contributed by atoms with Crippen LogP contribution >= 0.6 is 0 Å². The van der Waals surface area contributed by atoms with Gasteiger partial charge in [0.2, 0.25) is 10.0 Å². The van der Waals surface area contributed by atoms with E-state index in [0.717, 1.165) is 38.8 Å². The Hall–Kier alpha value is -1.44. The van der Waals surface area contributed by atoms with E-state index in [4.69, 9.17) is 0 Å². The van der Waals surface area contributed by atoms with Crippen molar-refractivity contribution in [2.45, 2.75) is 49.6 Å². The van der Waals surface area contributed by atoms with Crippen LogP contribution in [-0.2, 0) is 10.0 Å². The number of nitrogens with zero attached hydrogens (tertiary/aromatic N) is 1. The van der Waals surface area contributed by atoms with Crippen LogP contribution < -0.4 is 10.0 Å². The van der Waals surface area contributed by atoms with E-state index in [0.29, 0.717) is 12.1 Å². The summed E-state index contributed by atoms with van der Waals surface area (Å²) in [5.74, 6) is -0.109. The Labute approximate surface area is 143 Å². The third kappa shape index (κ3) is 3.79. The number of sulfonamides is 1. The maximum atomic E-state index is 12.7. The Morgan fingerprint density at radius 2 is 2.04 bits per heavy atom. The second kappa shape index (κ2) is 7.21. The van der Waals surface area contributed by atoms with Gasteiger partial charge in [0.15, 0.2) is 0 Å². The number of benzene rings is 1. The summed E-state index contributed by atoms with van der Waals surface area (Å²) in [6, 6.07) is 6.49. The number of amides is 1. The van der Waals surface area contributed by atoms with Crippen molar-refractivity contribution >= 4 is 15.9 Å². The SMILES string of the molecule is C[C@H]1CNCCN1C(=O)c1cccc(S(=O)(=O)NC2CCCC2)c1. The van der Waals surface area contributed by atoms with Crippen LogP contribution in [-0.4, -0.2) is 50.9 Å². The molecule has 2 N–H and O–H groups in total. The summed E-state index contributed by atoms with van der Waals surface area (Å²) in [6.45, 7) is 4.15. The molecule has 1 heterocycles. The minimum atomic E-state index is -3.58.